The van der Waals surface area contributed by atoms with Gasteiger partial charge in [0.15, 0.2) is 0 Å². The predicted molar refractivity (Wildman–Crippen MR) is 81.4 cm³/mol. The van der Waals surface area contributed by atoms with Gasteiger partial charge < -0.3 is 9.80 Å². The van der Waals surface area contributed by atoms with Gasteiger partial charge in [0.05, 0.1) is 0 Å². The Labute approximate surface area is 125 Å². The summed E-state index contributed by atoms with van der Waals surface area (Å²) in [6, 6.07) is 9.79. The molecule has 1 heterocycles. The molecule has 4 heteroatoms. The minimum absolute atomic E-state index is 0.0253. The van der Waals surface area contributed by atoms with Crippen LogP contribution >= 0.6 is 0 Å². The fraction of sp³-hybridized carbons (Fsp3) is 0.412. The first-order chi connectivity index (χ1) is 10.2. The van der Waals surface area contributed by atoms with Crippen LogP contribution in [0.4, 0.5) is 0 Å². The number of nitrogens with zero attached hydrogens (tertiary/aromatic N) is 2. The molecule has 0 spiro atoms. The molecule has 0 radical (unpaired) electrons. The first-order valence-corrected chi connectivity index (χ1v) is 7.55. The molecule has 110 valence electrons. The van der Waals surface area contributed by atoms with Gasteiger partial charge in [-0.05, 0) is 24.5 Å². The fourth-order valence-electron chi connectivity index (χ4n) is 2.57. The summed E-state index contributed by atoms with van der Waals surface area (Å²) in [6.45, 7) is 2.60. The van der Waals surface area contributed by atoms with Crippen LogP contribution in [-0.4, -0.2) is 47.8 Å². The average molecular weight is 284 g/mol. The topological polar surface area (TPSA) is 40.6 Å². The molecule has 2 fully saturated rings. The van der Waals surface area contributed by atoms with E-state index < -0.39 is 0 Å². The van der Waals surface area contributed by atoms with E-state index in [0.29, 0.717) is 26.2 Å². The highest BCUT2D eigenvalue weighted by atomic mass is 16.2. The van der Waals surface area contributed by atoms with E-state index in [-0.39, 0.29) is 17.7 Å². The van der Waals surface area contributed by atoms with Gasteiger partial charge in [-0.15, -0.1) is 0 Å². The molecular formula is C17H20N2O2. The van der Waals surface area contributed by atoms with E-state index in [2.05, 4.69) is 0 Å². The molecule has 4 nitrogen and oxygen atoms in total. The van der Waals surface area contributed by atoms with Crippen molar-refractivity contribution in [3.63, 3.8) is 0 Å². The quantitative estimate of drug-likeness (QED) is 0.794. The van der Waals surface area contributed by atoms with Gasteiger partial charge in [0.2, 0.25) is 11.8 Å². The molecule has 1 saturated heterocycles. The van der Waals surface area contributed by atoms with Crippen molar-refractivity contribution < 1.29 is 9.59 Å². The molecule has 0 N–H and O–H groups in total. The number of carbonyl (C=O) groups is 2. The first-order valence-electron chi connectivity index (χ1n) is 7.55. The lowest BCUT2D eigenvalue weighted by atomic mass is 10.2. The number of carbonyl (C=O) groups excluding carboxylic acids is 2. The molecular weight excluding hydrogens is 264 g/mol. The van der Waals surface area contributed by atoms with E-state index in [1.54, 1.807) is 6.08 Å². The second-order valence-electron chi connectivity index (χ2n) is 5.67. The number of hydrogen-bond donors (Lipinski definition) is 0. The van der Waals surface area contributed by atoms with Gasteiger partial charge in [-0.2, -0.15) is 0 Å². The molecule has 1 aromatic rings. The van der Waals surface area contributed by atoms with Gasteiger partial charge in [0.1, 0.15) is 0 Å². The maximum atomic E-state index is 12.1. The van der Waals surface area contributed by atoms with Gasteiger partial charge in [-0.3, -0.25) is 9.59 Å². The van der Waals surface area contributed by atoms with Gasteiger partial charge in [0, 0.05) is 38.2 Å². The molecule has 2 aliphatic rings. The van der Waals surface area contributed by atoms with Crippen LogP contribution in [0.2, 0.25) is 0 Å². The van der Waals surface area contributed by atoms with Crippen LogP contribution in [0.15, 0.2) is 36.4 Å². The minimum atomic E-state index is 0.0253. The molecule has 0 aromatic heterocycles. The van der Waals surface area contributed by atoms with Crippen molar-refractivity contribution in [1.29, 1.82) is 0 Å². The maximum Gasteiger partial charge on any atom is 0.246 e. The van der Waals surface area contributed by atoms with Crippen LogP contribution in [0, 0.1) is 5.92 Å². The number of hydrogen-bond acceptors (Lipinski definition) is 2. The van der Waals surface area contributed by atoms with E-state index in [4.69, 9.17) is 0 Å². The Morgan fingerprint density at radius 1 is 0.952 bits per heavy atom. The van der Waals surface area contributed by atoms with Crippen LogP contribution < -0.4 is 0 Å². The van der Waals surface area contributed by atoms with Crippen molar-refractivity contribution in [2.75, 3.05) is 26.2 Å². The Bertz CT molecular complexity index is 541. The van der Waals surface area contributed by atoms with Crippen molar-refractivity contribution in [2.45, 2.75) is 12.8 Å². The van der Waals surface area contributed by atoms with Crippen molar-refractivity contribution in [3.8, 4) is 0 Å². The summed E-state index contributed by atoms with van der Waals surface area (Å²) in [5, 5.41) is 0. The molecule has 1 saturated carbocycles. The van der Waals surface area contributed by atoms with Crippen LogP contribution in [0.1, 0.15) is 18.4 Å². The molecule has 21 heavy (non-hydrogen) atoms. The SMILES string of the molecule is O=C(/C=C/c1ccccc1)N1CCN(C(=O)C2CC2)CC1. The monoisotopic (exact) mass is 284 g/mol. The average Bonchev–Trinajstić information content (AvgIpc) is 3.38. The highest BCUT2D eigenvalue weighted by Gasteiger charge is 2.34. The van der Waals surface area contributed by atoms with E-state index in [1.165, 1.54) is 0 Å². The Morgan fingerprint density at radius 2 is 1.57 bits per heavy atom. The molecule has 2 amide bonds. The maximum absolute atomic E-state index is 12.1. The van der Waals surface area contributed by atoms with Gasteiger partial charge >= 0.3 is 0 Å². The number of amides is 2. The van der Waals surface area contributed by atoms with Gasteiger partial charge in [0.25, 0.3) is 0 Å². The Kier molecular flexibility index (Phi) is 4.04. The Morgan fingerprint density at radius 3 is 2.19 bits per heavy atom. The third kappa shape index (κ3) is 3.51. The van der Waals surface area contributed by atoms with Crippen LogP contribution in [-0.2, 0) is 9.59 Å². The lowest BCUT2D eigenvalue weighted by Crippen LogP contribution is -2.50. The second kappa shape index (κ2) is 6.12. The zero-order chi connectivity index (χ0) is 14.7. The normalized spacial score (nSPS) is 19.0. The molecule has 1 aliphatic carbocycles. The van der Waals surface area contributed by atoms with Crippen molar-refractivity contribution in [2.24, 2.45) is 5.92 Å². The van der Waals surface area contributed by atoms with E-state index >= 15 is 0 Å². The second-order valence-corrected chi connectivity index (χ2v) is 5.67. The number of benzene rings is 1. The fourth-order valence-corrected chi connectivity index (χ4v) is 2.57. The summed E-state index contributed by atoms with van der Waals surface area (Å²) in [5.74, 6) is 0.574. The van der Waals surface area contributed by atoms with Crippen LogP contribution in [0.5, 0.6) is 0 Å². The van der Waals surface area contributed by atoms with Gasteiger partial charge in [-0.25, -0.2) is 0 Å². The zero-order valence-electron chi connectivity index (χ0n) is 12.1. The summed E-state index contributed by atoms with van der Waals surface area (Å²) >= 11 is 0. The zero-order valence-corrected chi connectivity index (χ0v) is 12.1. The standard InChI is InChI=1S/C17H20N2O2/c20-16(9-6-14-4-2-1-3-5-14)18-10-12-19(13-11-18)17(21)15-7-8-15/h1-6,9,15H,7-8,10-13H2/b9-6+. The number of piperazine rings is 1. The molecule has 0 atom stereocenters. The van der Waals surface area contributed by atoms with E-state index in [0.717, 1.165) is 18.4 Å². The summed E-state index contributed by atoms with van der Waals surface area (Å²) in [4.78, 5) is 27.8. The summed E-state index contributed by atoms with van der Waals surface area (Å²) in [7, 11) is 0. The van der Waals surface area contributed by atoms with Crippen molar-refractivity contribution in [3.05, 3.63) is 42.0 Å². The highest BCUT2D eigenvalue weighted by molar-refractivity contribution is 5.92. The molecule has 1 aromatic carbocycles. The van der Waals surface area contributed by atoms with Crippen molar-refractivity contribution in [1.82, 2.24) is 9.80 Å². The third-order valence-corrected chi connectivity index (χ3v) is 4.05. The Hall–Kier alpha value is -2.10. The summed E-state index contributed by atoms with van der Waals surface area (Å²) < 4.78 is 0. The Balaban J connectivity index is 1.50. The van der Waals surface area contributed by atoms with E-state index in [1.807, 2.05) is 46.2 Å². The highest BCUT2D eigenvalue weighted by Crippen LogP contribution is 2.31. The third-order valence-electron chi connectivity index (χ3n) is 4.05. The lowest BCUT2D eigenvalue weighted by Gasteiger charge is -2.34. The number of rotatable bonds is 3. The summed E-state index contributed by atoms with van der Waals surface area (Å²) in [6.07, 6.45) is 5.54. The minimum Gasteiger partial charge on any atom is -0.339 e. The molecule has 3 rings (SSSR count). The predicted octanol–water partition coefficient (Wildman–Crippen LogP) is 1.78. The lowest BCUT2D eigenvalue weighted by molar-refractivity contribution is -0.138. The summed E-state index contributed by atoms with van der Waals surface area (Å²) in [5.41, 5.74) is 1.02. The molecule has 1 aliphatic heterocycles. The van der Waals surface area contributed by atoms with Crippen molar-refractivity contribution >= 4 is 17.9 Å². The van der Waals surface area contributed by atoms with E-state index in [9.17, 15) is 9.59 Å². The first kappa shape index (κ1) is 13.9. The molecule has 0 bridgehead atoms. The van der Waals surface area contributed by atoms with Crippen LogP contribution in [0.3, 0.4) is 0 Å². The van der Waals surface area contributed by atoms with Crippen LogP contribution in [0.25, 0.3) is 6.08 Å². The smallest absolute Gasteiger partial charge is 0.246 e. The van der Waals surface area contributed by atoms with Gasteiger partial charge in [-0.1, -0.05) is 30.3 Å². The molecule has 0 unspecified atom stereocenters. The largest absolute Gasteiger partial charge is 0.339 e.